The number of aliphatic hydroxyl groups is 1. The Bertz CT molecular complexity index is 930. The van der Waals surface area contributed by atoms with Crippen LogP contribution >= 0.6 is 31.4 Å². The van der Waals surface area contributed by atoms with Gasteiger partial charge in [-0.25, -0.2) is 0 Å². The summed E-state index contributed by atoms with van der Waals surface area (Å²) in [6.45, 7) is -1.58. The number of nitrogens with two attached hydrogens (primary N) is 2. The summed E-state index contributed by atoms with van der Waals surface area (Å²) < 4.78 is 0. The summed E-state index contributed by atoms with van der Waals surface area (Å²) in [5.41, 5.74) is 10.6. The van der Waals surface area contributed by atoms with Gasteiger partial charge in [-0.05, 0) is 9.83 Å². The number of hydrogen-bond donors (Lipinski definition) is 7. The van der Waals surface area contributed by atoms with Crippen molar-refractivity contribution < 1.29 is 70.6 Å². The highest BCUT2D eigenvalue weighted by Crippen LogP contribution is 2.35. The van der Waals surface area contributed by atoms with E-state index in [0.717, 1.165) is 31.4 Å². The standard InChI is InChI=1S/C20H34N6O12S3/c21-9(19(35)36)1-3-13(27)25-11(17(33)23-5-15(29)30)7-39-41-40-8-12(18(34)24-6-16(31)32)26-14(28)4-2-10(22)20(37)38/h9-12,17,23,33H,1-8,21-22H2,(H,24,34)(H,25,27)(H,26,28)(H,29,30)(H,31,32)(H,35,36)(H,37,38)/q+2/p-4. The molecule has 0 bridgehead atoms. The second-order valence-corrected chi connectivity index (χ2v) is 12.5. The van der Waals surface area contributed by atoms with Crippen molar-refractivity contribution >= 4 is 73.0 Å². The monoisotopic (exact) mass is 642 g/mol. The van der Waals surface area contributed by atoms with Gasteiger partial charge in [-0.1, -0.05) is 21.6 Å². The lowest BCUT2D eigenvalue weighted by Crippen LogP contribution is -2.68. The van der Waals surface area contributed by atoms with Gasteiger partial charge in [0.05, 0.1) is 24.5 Å². The molecule has 41 heavy (non-hydrogen) atoms. The van der Waals surface area contributed by atoms with E-state index in [1.807, 2.05) is 0 Å². The number of amides is 3. The van der Waals surface area contributed by atoms with Crippen LogP contribution in [0.3, 0.4) is 0 Å². The van der Waals surface area contributed by atoms with E-state index in [0.29, 0.717) is 0 Å². The first-order chi connectivity index (χ1) is 19.1. The molecule has 0 aromatic heterocycles. The lowest BCUT2D eigenvalue weighted by molar-refractivity contribution is -0.438. The highest BCUT2D eigenvalue weighted by Gasteiger charge is 2.24. The molecule has 5 atom stereocenters. The van der Waals surface area contributed by atoms with Crippen molar-refractivity contribution in [1.29, 1.82) is 0 Å². The third-order valence-electron chi connectivity index (χ3n) is 4.79. The molecule has 5 unspecified atom stereocenters. The molecule has 2 radical (unpaired) electrons. The number of carbonyl (C=O) groups excluding carboxylic acids is 7. The van der Waals surface area contributed by atoms with Crippen LogP contribution in [-0.2, 0) is 33.6 Å². The Balaban J connectivity index is 5.04. The topological polar surface area (TPSA) is 331 Å². The van der Waals surface area contributed by atoms with Gasteiger partial charge in [-0.3, -0.25) is 19.7 Å². The second-order valence-electron chi connectivity index (χ2n) is 8.15. The minimum absolute atomic E-state index is 0.0355. The molecule has 0 saturated carbocycles. The SMILES string of the molecule is [NH2+]C(CCC(=O)NC(CSSSCC(NC(=O)CCC([NH2+])C(=O)[O-])C(O)NCC(=O)[O-])C(=O)NCC(=O)[O-])C(=O)[O-]. The van der Waals surface area contributed by atoms with Gasteiger partial charge in [0.15, 0.2) is 12.1 Å². The quantitative estimate of drug-likeness (QED) is 0.0309. The molecule has 9 N–H and O–H groups in total. The number of nitrogens with one attached hydrogen (secondary N) is 4. The Morgan fingerprint density at radius 1 is 0.732 bits per heavy atom. The predicted octanol–water partition coefficient (Wildman–Crippen LogP) is -10.6. The van der Waals surface area contributed by atoms with Crippen LogP contribution in [0.4, 0.5) is 0 Å². The van der Waals surface area contributed by atoms with E-state index < -0.39 is 85.1 Å². The average Bonchev–Trinajstić information content (AvgIpc) is 2.89. The van der Waals surface area contributed by atoms with Crippen molar-refractivity contribution in [1.82, 2.24) is 21.3 Å². The normalized spacial score (nSPS) is 14.5. The maximum Gasteiger partial charge on any atom is 0.243 e. The minimum Gasteiger partial charge on any atom is -0.549 e. The van der Waals surface area contributed by atoms with Gasteiger partial charge in [-0.15, -0.1) is 0 Å². The maximum atomic E-state index is 12.3. The van der Waals surface area contributed by atoms with Gasteiger partial charge < -0.3 is 60.7 Å². The number of rotatable bonds is 23. The van der Waals surface area contributed by atoms with Gasteiger partial charge in [-0.2, -0.15) is 11.5 Å². The zero-order valence-corrected chi connectivity index (χ0v) is 23.8. The molecule has 0 spiro atoms. The van der Waals surface area contributed by atoms with E-state index in [-0.39, 0.29) is 37.2 Å². The number of aliphatic carboxylic acids is 4. The second kappa shape index (κ2) is 21.0. The van der Waals surface area contributed by atoms with Crippen LogP contribution in [0.1, 0.15) is 25.7 Å². The first-order valence-corrected chi connectivity index (χ1v) is 15.5. The molecule has 0 rings (SSSR count). The van der Waals surface area contributed by atoms with Crippen molar-refractivity contribution in [3.63, 3.8) is 0 Å². The van der Waals surface area contributed by atoms with Gasteiger partial charge >= 0.3 is 0 Å². The van der Waals surface area contributed by atoms with Crippen molar-refractivity contribution in [3.05, 3.63) is 0 Å². The smallest absolute Gasteiger partial charge is 0.243 e. The molecule has 0 aliphatic heterocycles. The first-order valence-electron chi connectivity index (χ1n) is 11.7. The minimum atomic E-state index is -1.58. The summed E-state index contributed by atoms with van der Waals surface area (Å²) in [4.78, 5) is 79.4. The molecule has 232 valence electrons. The summed E-state index contributed by atoms with van der Waals surface area (Å²) in [5.74, 6) is -8.68. The third kappa shape index (κ3) is 19.0. The van der Waals surface area contributed by atoms with E-state index in [1.165, 1.54) is 0 Å². The zero-order chi connectivity index (χ0) is 31.5. The van der Waals surface area contributed by atoms with E-state index >= 15 is 0 Å². The van der Waals surface area contributed by atoms with Crippen LogP contribution in [0.2, 0.25) is 0 Å². The van der Waals surface area contributed by atoms with Crippen LogP contribution in [-0.4, -0.2) is 102 Å². The van der Waals surface area contributed by atoms with Crippen LogP contribution in [0, 0.1) is 0 Å². The lowest BCUT2D eigenvalue weighted by Gasteiger charge is -2.25. The number of hydrogen-bond acceptors (Lipinski definition) is 18. The predicted molar refractivity (Wildman–Crippen MR) is 133 cm³/mol. The Kier molecular flexibility index (Phi) is 19.5. The molecular weight excluding hydrogens is 612 g/mol. The Labute approximate surface area is 245 Å². The molecule has 0 saturated heterocycles. The number of carboxylic acids is 4. The molecule has 21 heteroatoms. The van der Waals surface area contributed by atoms with E-state index in [4.69, 9.17) is 11.5 Å². The van der Waals surface area contributed by atoms with Crippen LogP contribution in [0.25, 0.3) is 0 Å². The summed E-state index contributed by atoms with van der Waals surface area (Å²) in [5, 5.41) is 62.0. The third-order valence-corrected chi connectivity index (χ3v) is 9.07. The maximum absolute atomic E-state index is 12.3. The first kappa shape index (κ1) is 38.2. The molecule has 0 fully saturated rings. The van der Waals surface area contributed by atoms with Crippen LogP contribution < -0.4 is 53.2 Å². The Morgan fingerprint density at radius 3 is 1.71 bits per heavy atom. The molecule has 0 heterocycles. The van der Waals surface area contributed by atoms with Gasteiger partial charge in [0.1, 0.15) is 24.2 Å². The van der Waals surface area contributed by atoms with Crippen molar-refractivity contribution in [2.45, 2.75) is 56.1 Å². The molecule has 0 aromatic rings. The van der Waals surface area contributed by atoms with E-state index in [1.54, 1.807) is 0 Å². The molecule has 3 amide bonds. The van der Waals surface area contributed by atoms with E-state index in [9.17, 15) is 59.1 Å². The fraction of sp³-hybridized carbons (Fsp3) is 0.650. The summed E-state index contributed by atoms with van der Waals surface area (Å²) in [6.07, 6.45) is -2.79. The molecule has 0 aliphatic carbocycles. The van der Waals surface area contributed by atoms with Gasteiger partial charge in [0.25, 0.3) is 0 Å². The van der Waals surface area contributed by atoms with Crippen molar-refractivity contribution in [2.75, 3.05) is 24.6 Å². The number of carbonyl (C=O) groups is 7. The Morgan fingerprint density at radius 2 is 1.22 bits per heavy atom. The Hall–Kier alpha value is -2.82. The summed E-state index contributed by atoms with van der Waals surface area (Å²) >= 11 is 0. The summed E-state index contributed by atoms with van der Waals surface area (Å²) in [6, 6.07) is -5.14. The fourth-order valence-electron chi connectivity index (χ4n) is 2.59. The van der Waals surface area contributed by atoms with Crippen molar-refractivity contribution in [3.8, 4) is 0 Å². The molecule has 0 aromatic carbocycles. The fourth-order valence-corrected chi connectivity index (χ4v) is 6.55. The molecular formula is C20H30N6O12S3-2. The lowest BCUT2D eigenvalue weighted by atomic mass is 10.1. The molecule has 0 aliphatic rings. The van der Waals surface area contributed by atoms with Crippen molar-refractivity contribution in [2.24, 2.45) is 0 Å². The van der Waals surface area contributed by atoms with Crippen LogP contribution in [0.5, 0.6) is 0 Å². The summed E-state index contributed by atoms with van der Waals surface area (Å²) in [7, 11) is 3.08. The van der Waals surface area contributed by atoms with Gasteiger partial charge in [0, 0.05) is 43.7 Å². The highest BCUT2D eigenvalue weighted by atomic mass is 33.5. The zero-order valence-electron chi connectivity index (χ0n) is 21.4. The number of carboxylic acid groups (broad SMARTS) is 4. The highest BCUT2D eigenvalue weighted by molar-refractivity contribution is 9.09. The van der Waals surface area contributed by atoms with Crippen LogP contribution in [0.15, 0.2) is 0 Å². The van der Waals surface area contributed by atoms with Gasteiger partial charge in [0.2, 0.25) is 17.7 Å². The molecule has 18 nitrogen and oxygen atoms in total. The largest absolute Gasteiger partial charge is 0.549 e. The average molecular weight is 643 g/mol. The van der Waals surface area contributed by atoms with E-state index in [2.05, 4.69) is 21.3 Å². The number of aliphatic hydroxyl groups excluding tert-OH is 1.